The number of pyridine rings is 1. The van der Waals surface area contributed by atoms with Crippen molar-refractivity contribution in [1.82, 2.24) is 4.98 Å². The first kappa shape index (κ1) is 14.7. The molecule has 1 heterocycles. The molecule has 3 nitrogen and oxygen atoms in total. The summed E-state index contributed by atoms with van der Waals surface area (Å²) in [5.74, 6) is -0.0623. The number of carbonyl (C=O) groups is 1. The molecule has 0 aliphatic heterocycles. The van der Waals surface area contributed by atoms with Crippen molar-refractivity contribution in [3.63, 3.8) is 0 Å². The minimum absolute atomic E-state index is 0.0623. The number of Topliss-reactive ketones (excluding diaryl/α,β-unsaturated/α-hetero) is 1. The summed E-state index contributed by atoms with van der Waals surface area (Å²) in [6, 6.07) is 24.5. The SMILES string of the molecule is O=C(/C(=C/Nc1ccccc1)c1ccccn1)c1ccccc1. The number of nitrogens with zero attached hydrogens (tertiary/aromatic N) is 1. The van der Waals surface area contributed by atoms with Crippen molar-refractivity contribution in [2.45, 2.75) is 0 Å². The van der Waals surface area contributed by atoms with E-state index in [0.29, 0.717) is 16.8 Å². The second kappa shape index (κ2) is 7.18. The molecule has 0 radical (unpaired) electrons. The molecule has 0 amide bonds. The van der Waals surface area contributed by atoms with E-state index in [1.807, 2.05) is 78.9 Å². The Labute approximate surface area is 135 Å². The van der Waals surface area contributed by atoms with Gasteiger partial charge < -0.3 is 5.32 Å². The van der Waals surface area contributed by atoms with Gasteiger partial charge in [0.25, 0.3) is 0 Å². The Kier molecular flexibility index (Phi) is 4.60. The number of aromatic nitrogens is 1. The molecule has 0 unspecified atom stereocenters. The summed E-state index contributed by atoms with van der Waals surface area (Å²) < 4.78 is 0. The topological polar surface area (TPSA) is 42.0 Å². The van der Waals surface area contributed by atoms with Crippen molar-refractivity contribution < 1.29 is 4.79 Å². The van der Waals surface area contributed by atoms with Gasteiger partial charge in [0.2, 0.25) is 0 Å². The maximum absolute atomic E-state index is 12.8. The monoisotopic (exact) mass is 300 g/mol. The van der Waals surface area contributed by atoms with Gasteiger partial charge in [-0.05, 0) is 24.3 Å². The lowest BCUT2D eigenvalue weighted by atomic mass is 10.0. The molecule has 1 N–H and O–H groups in total. The van der Waals surface area contributed by atoms with Crippen LogP contribution in [0.25, 0.3) is 5.57 Å². The highest BCUT2D eigenvalue weighted by Crippen LogP contribution is 2.18. The molecular formula is C20H16N2O. The van der Waals surface area contributed by atoms with Gasteiger partial charge in [-0.2, -0.15) is 0 Å². The van der Waals surface area contributed by atoms with Crippen LogP contribution in [0.5, 0.6) is 0 Å². The molecule has 3 aromatic rings. The summed E-state index contributed by atoms with van der Waals surface area (Å²) in [7, 11) is 0. The minimum atomic E-state index is -0.0623. The Balaban J connectivity index is 1.96. The molecule has 112 valence electrons. The van der Waals surface area contributed by atoms with Crippen LogP contribution in [0.15, 0.2) is 91.3 Å². The van der Waals surface area contributed by atoms with Crippen LogP contribution in [0.3, 0.4) is 0 Å². The summed E-state index contributed by atoms with van der Waals surface area (Å²) >= 11 is 0. The van der Waals surface area contributed by atoms with Crippen LogP contribution in [-0.2, 0) is 0 Å². The van der Waals surface area contributed by atoms with E-state index in [1.54, 1.807) is 12.4 Å². The highest BCUT2D eigenvalue weighted by atomic mass is 16.1. The molecule has 23 heavy (non-hydrogen) atoms. The smallest absolute Gasteiger partial charge is 0.196 e. The molecule has 2 aromatic carbocycles. The molecule has 0 saturated heterocycles. The molecule has 3 heteroatoms. The Morgan fingerprint density at radius 2 is 1.48 bits per heavy atom. The Bertz CT molecular complexity index is 797. The van der Waals surface area contributed by atoms with Gasteiger partial charge in [0.15, 0.2) is 5.78 Å². The van der Waals surface area contributed by atoms with E-state index in [0.717, 1.165) is 5.69 Å². The fourth-order valence-electron chi connectivity index (χ4n) is 2.21. The summed E-state index contributed by atoms with van der Waals surface area (Å²) in [5.41, 5.74) is 2.73. The number of nitrogens with one attached hydrogen (secondary N) is 1. The standard InChI is InChI=1S/C20H16N2O/c23-20(16-9-3-1-4-10-16)18(19-13-7-8-14-21-19)15-22-17-11-5-2-6-12-17/h1-15,22H/b18-15+. The van der Waals surface area contributed by atoms with Gasteiger partial charge in [-0.15, -0.1) is 0 Å². The van der Waals surface area contributed by atoms with Crippen LogP contribution in [0, 0.1) is 0 Å². The molecule has 0 aliphatic rings. The Morgan fingerprint density at radius 3 is 2.13 bits per heavy atom. The number of hydrogen-bond acceptors (Lipinski definition) is 3. The van der Waals surface area contributed by atoms with Crippen molar-refractivity contribution >= 4 is 17.0 Å². The number of allylic oxidation sites excluding steroid dienone is 1. The Morgan fingerprint density at radius 1 is 0.826 bits per heavy atom. The number of anilines is 1. The quantitative estimate of drug-likeness (QED) is 0.560. The maximum Gasteiger partial charge on any atom is 0.196 e. The predicted molar refractivity (Wildman–Crippen MR) is 93.1 cm³/mol. The van der Waals surface area contributed by atoms with E-state index in [9.17, 15) is 4.79 Å². The van der Waals surface area contributed by atoms with Crippen LogP contribution >= 0.6 is 0 Å². The lowest BCUT2D eigenvalue weighted by molar-refractivity contribution is 0.105. The fraction of sp³-hybridized carbons (Fsp3) is 0. The van der Waals surface area contributed by atoms with E-state index in [1.165, 1.54) is 0 Å². The number of hydrogen-bond donors (Lipinski definition) is 1. The first-order valence-corrected chi connectivity index (χ1v) is 7.37. The zero-order valence-electron chi connectivity index (χ0n) is 12.5. The van der Waals surface area contributed by atoms with E-state index in [-0.39, 0.29) is 5.78 Å². The second-order valence-electron chi connectivity index (χ2n) is 4.98. The molecule has 0 saturated carbocycles. The Hall–Kier alpha value is -3.20. The van der Waals surface area contributed by atoms with E-state index in [4.69, 9.17) is 0 Å². The van der Waals surface area contributed by atoms with Gasteiger partial charge in [-0.1, -0.05) is 54.6 Å². The molecule has 0 aliphatic carbocycles. The van der Waals surface area contributed by atoms with Crippen LogP contribution in [0.2, 0.25) is 0 Å². The fourth-order valence-corrected chi connectivity index (χ4v) is 2.21. The molecule has 1 aromatic heterocycles. The first-order valence-electron chi connectivity index (χ1n) is 7.37. The van der Waals surface area contributed by atoms with Crippen LogP contribution in [0.1, 0.15) is 16.1 Å². The van der Waals surface area contributed by atoms with Crippen molar-refractivity contribution in [2.24, 2.45) is 0 Å². The summed E-state index contributed by atoms with van der Waals surface area (Å²) in [4.78, 5) is 17.1. The number of carbonyl (C=O) groups excluding carboxylic acids is 1. The molecule has 3 rings (SSSR count). The van der Waals surface area contributed by atoms with Crippen molar-refractivity contribution in [3.8, 4) is 0 Å². The van der Waals surface area contributed by atoms with E-state index in [2.05, 4.69) is 10.3 Å². The third-order valence-corrected chi connectivity index (χ3v) is 3.38. The first-order chi connectivity index (χ1) is 11.3. The summed E-state index contributed by atoms with van der Waals surface area (Å²) in [5, 5.41) is 3.17. The number of benzene rings is 2. The largest absolute Gasteiger partial charge is 0.361 e. The molecular weight excluding hydrogens is 284 g/mol. The lowest BCUT2D eigenvalue weighted by Gasteiger charge is -2.08. The summed E-state index contributed by atoms with van der Waals surface area (Å²) in [6.45, 7) is 0. The zero-order chi connectivity index (χ0) is 15.9. The molecule has 0 fully saturated rings. The zero-order valence-corrected chi connectivity index (χ0v) is 12.5. The highest BCUT2D eigenvalue weighted by molar-refractivity contribution is 6.28. The maximum atomic E-state index is 12.8. The van der Waals surface area contributed by atoms with Crippen LogP contribution in [-0.4, -0.2) is 10.8 Å². The van der Waals surface area contributed by atoms with E-state index >= 15 is 0 Å². The number of ketones is 1. The average Bonchev–Trinajstić information content (AvgIpc) is 2.64. The minimum Gasteiger partial charge on any atom is -0.361 e. The molecule has 0 atom stereocenters. The summed E-state index contributed by atoms with van der Waals surface area (Å²) in [6.07, 6.45) is 3.40. The van der Waals surface area contributed by atoms with Crippen LogP contribution in [0.4, 0.5) is 5.69 Å². The molecule has 0 spiro atoms. The predicted octanol–water partition coefficient (Wildman–Crippen LogP) is 4.42. The van der Waals surface area contributed by atoms with Gasteiger partial charge in [0.1, 0.15) is 0 Å². The van der Waals surface area contributed by atoms with Crippen molar-refractivity contribution in [2.75, 3.05) is 5.32 Å². The van der Waals surface area contributed by atoms with Crippen molar-refractivity contribution in [3.05, 3.63) is 103 Å². The second-order valence-corrected chi connectivity index (χ2v) is 4.98. The normalized spacial score (nSPS) is 11.0. The van der Waals surface area contributed by atoms with Crippen molar-refractivity contribution in [1.29, 1.82) is 0 Å². The lowest BCUT2D eigenvalue weighted by Crippen LogP contribution is -2.06. The number of para-hydroxylation sites is 1. The average molecular weight is 300 g/mol. The van der Waals surface area contributed by atoms with Gasteiger partial charge in [0, 0.05) is 23.6 Å². The van der Waals surface area contributed by atoms with E-state index < -0.39 is 0 Å². The van der Waals surface area contributed by atoms with Gasteiger partial charge in [-0.25, -0.2) is 0 Å². The number of rotatable bonds is 5. The molecule has 0 bridgehead atoms. The third-order valence-electron chi connectivity index (χ3n) is 3.38. The third kappa shape index (κ3) is 3.71. The highest BCUT2D eigenvalue weighted by Gasteiger charge is 2.15. The van der Waals surface area contributed by atoms with Gasteiger partial charge in [-0.3, -0.25) is 9.78 Å². The van der Waals surface area contributed by atoms with Gasteiger partial charge >= 0.3 is 0 Å². The van der Waals surface area contributed by atoms with Crippen LogP contribution < -0.4 is 5.32 Å². The van der Waals surface area contributed by atoms with Gasteiger partial charge in [0.05, 0.1) is 11.3 Å².